The Morgan fingerprint density at radius 2 is 2.15 bits per heavy atom. The highest BCUT2D eigenvalue weighted by Crippen LogP contribution is 2.18. The first-order valence-electron chi connectivity index (χ1n) is 5.99. The van der Waals surface area contributed by atoms with Crippen LogP contribution in [-0.4, -0.2) is 41.3 Å². The van der Waals surface area contributed by atoms with E-state index in [2.05, 4.69) is 5.32 Å². The normalized spacial score (nSPS) is 15.4. The Bertz CT molecular complexity index is 576. The lowest BCUT2D eigenvalue weighted by atomic mass is 10.1. The van der Waals surface area contributed by atoms with E-state index in [-0.39, 0.29) is 31.0 Å². The lowest BCUT2D eigenvalue weighted by molar-refractivity contribution is -0.385. The van der Waals surface area contributed by atoms with Gasteiger partial charge in [0, 0.05) is 32.1 Å². The second kappa shape index (κ2) is 5.64. The van der Waals surface area contributed by atoms with Crippen LogP contribution < -0.4 is 5.32 Å². The Morgan fingerprint density at radius 3 is 2.80 bits per heavy atom. The average molecular weight is 281 g/mol. The molecule has 0 aliphatic carbocycles. The van der Waals surface area contributed by atoms with Crippen molar-refractivity contribution in [3.63, 3.8) is 0 Å². The molecule has 1 aromatic rings. The molecule has 1 N–H and O–H groups in total. The molecule has 1 fully saturated rings. The van der Waals surface area contributed by atoms with E-state index in [0.717, 1.165) is 12.1 Å². The van der Waals surface area contributed by atoms with E-state index in [1.54, 1.807) is 0 Å². The Kier molecular flexibility index (Phi) is 3.92. The minimum Gasteiger partial charge on any atom is -0.354 e. The van der Waals surface area contributed by atoms with E-state index in [1.807, 2.05) is 0 Å². The summed E-state index contributed by atoms with van der Waals surface area (Å²) in [6, 6.07) is 2.89. The average Bonchev–Trinajstić information content (AvgIpc) is 2.62. The van der Waals surface area contributed by atoms with Gasteiger partial charge in [-0.15, -0.1) is 0 Å². The first-order chi connectivity index (χ1) is 9.49. The maximum atomic E-state index is 13.8. The summed E-state index contributed by atoms with van der Waals surface area (Å²) < 4.78 is 13.8. The standard InChI is InChI=1S/C12H12FN3O4/c13-10-7-8(16(19)20)1-2-9(10)12(18)15-5-3-11(17)14-4-6-15/h1-2,7H,3-6H2,(H,14,17). The van der Waals surface area contributed by atoms with Gasteiger partial charge in [-0.2, -0.15) is 0 Å². The molecule has 1 aliphatic rings. The third kappa shape index (κ3) is 2.90. The van der Waals surface area contributed by atoms with Gasteiger partial charge >= 0.3 is 0 Å². The van der Waals surface area contributed by atoms with Gasteiger partial charge in [0.25, 0.3) is 11.6 Å². The van der Waals surface area contributed by atoms with Crippen LogP contribution in [0.4, 0.5) is 10.1 Å². The number of hydrogen-bond acceptors (Lipinski definition) is 4. The number of nitro benzene ring substituents is 1. The van der Waals surface area contributed by atoms with E-state index in [0.29, 0.717) is 12.6 Å². The Morgan fingerprint density at radius 1 is 1.40 bits per heavy atom. The van der Waals surface area contributed by atoms with Crippen LogP contribution in [0.15, 0.2) is 18.2 Å². The molecule has 8 heteroatoms. The van der Waals surface area contributed by atoms with Crippen LogP contribution in [0.3, 0.4) is 0 Å². The van der Waals surface area contributed by atoms with Crippen LogP contribution in [0.1, 0.15) is 16.8 Å². The van der Waals surface area contributed by atoms with Crippen molar-refractivity contribution in [2.45, 2.75) is 6.42 Å². The van der Waals surface area contributed by atoms with Gasteiger partial charge in [0.05, 0.1) is 16.6 Å². The second-order valence-corrected chi connectivity index (χ2v) is 4.31. The van der Waals surface area contributed by atoms with E-state index in [9.17, 15) is 24.1 Å². The highest BCUT2D eigenvalue weighted by molar-refractivity contribution is 5.95. The first kappa shape index (κ1) is 13.9. The summed E-state index contributed by atoms with van der Waals surface area (Å²) in [4.78, 5) is 34.4. The molecule has 0 radical (unpaired) electrons. The molecule has 1 aromatic carbocycles. The fourth-order valence-electron chi connectivity index (χ4n) is 1.93. The number of nitro groups is 1. The lowest BCUT2D eigenvalue weighted by Gasteiger charge is -2.19. The minimum absolute atomic E-state index is 0.153. The smallest absolute Gasteiger partial charge is 0.272 e. The molecule has 0 unspecified atom stereocenters. The van der Waals surface area contributed by atoms with Crippen molar-refractivity contribution in [3.8, 4) is 0 Å². The fourth-order valence-corrected chi connectivity index (χ4v) is 1.93. The summed E-state index contributed by atoms with van der Waals surface area (Å²) in [7, 11) is 0. The minimum atomic E-state index is -0.937. The van der Waals surface area contributed by atoms with Crippen LogP contribution in [0.25, 0.3) is 0 Å². The highest BCUT2D eigenvalue weighted by Gasteiger charge is 2.23. The number of carbonyl (C=O) groups is 2. The largest absolute Gasteiger partial charge is 0.354 e. The summed E-state index contributed by atoms with van der Waals surface area (Å²) >= 11 is 0. The molecule has 7 nitrogen and oxygen atoms in total. The number of amides is 2. The number of hydrogen-bond donors (Lipinski definition) is 1. The van der Waals surface area contributed by atoms with Gasteiger partial charge in [0.1, 0.15) is 5.82 Å². The number of non-ortho nitro benzene ring substituents is 1. The van der Waals surface area contributed by atoms with E-state index < -0.39 is 22.3 Å². The molecule has 20 heavy (non-hydrogen) atoms. The summed E-state index contributed by atoms with van der Waals surface area (Å²) in [5, 5.41) is 13.1. The van der Waals surface area contributed by atoms with Gasteiger partial charge in [0.2, 0.25) is 5.91 Å². The summed E-state index contributed by atoms with van der Waals surface area (Å²) in [6.45, 7) is 0.779. The van der Waals surface area contributed by atoms with Crippen molar-refractivity contribution in [2.24, 2.45) is 0 Å². The van der Waals surface area contributed by atoms with Crippen LogP contribution in [0.2, 0.25) is 0 Å². The Balaban J connectivity index is 2.20. The molecule has 2 rings (SSSR count). The molecule has 1 saturated heterocycles. The number of halogens is 1. The number of benzene rings is 1. The van der Waals surface area contributed by atoms with Crippen molar-refractivity contribution < 1.29 is 18.9 Å². The maximum absolute atomic E-state index is 13.8. The third-order valence-corrected chi connectivity index (χ3v) is 2.99. The highest BCUT2D eigenvalue weighted by atomic mass is 19.1. The van der Waals surface area contributed by atoms with Gasteiger partial charge in [-0.1, -0.05) is 0 Å². The maximum Gasteiger partial charge on any atom is 0.272 e. The molecular weight excluding hydrogens is 269 g/mol. The molecule has 106 valence electrons. The number of rotatable bonds is 2. The van der Waals surface area contributed by atoms with Gasteiger partial charge in [0.15, 0.2) is 0 Å². The van der Waals surface area contributed by atoms with Crippen molar-refractivity contribution in [3.05, 3.63) is 39.7 Å². The van der Waals surface area contributed by atoms with Crippen LogP contribution >= 0.6 is 0 Å². The van der Waals surface area contributed by atoms with E-state index in [4.69, 9.17) is 0 Å². The van der Waals surface area contributed by atoms with Crippen LogP contribution in [0, 0.1) is 15.9 Å². The Hall–Kier alpha value is -2.51. The second-order valence-electron chi connectivity index (χ2n) is 4.31. The monoisotopic (exact) mass is 281 g/mol. The molecular formula is C12H12FN3O4. The van der Waals surface area contributed by atoms with Gasteiger partial charge in [-0.05, 0) is 6.07 Å². The molecule has 0 aromatic heterocycles. The number of nitrogens with zero attached hydrogens (tertiary/aromatic N) is 2. The summed E-state index contributed by atoms with van der Waals surface area (Å²) in [5.74, 6) is -1.67. The molecule has 0 bridgehead atoms. The van der Waals surface area contributed by atoms with Crippen molar-refractivity contribution in [1.29, 1.82) is 0 Å². The SMILES string of the molecule is O=C1CCN(C(=O)c2ccc([N+](=O)[O-])cc2F)CCN1. The molecule has 0 saturated carbocycles. The lowest BCUT2D eigenvalue weighted by Crippen LogP contribution is -2.34. The van der Waals surface area contributed by atoms with Crippen molar-refractivity contribution in [2.75, 3.05) is 19.6 Å². The molecule has 2 amide bonds. The van der Waals surface area contributed by atoms with Crippen LogP contribution in [0.5, 0.6) is 0 Å². The molecule has 0 atom stereocenters. The molecule has 0 spiro atoms. The predicted octanol–water partition coefficient (Wildman–Crippen LogP) is 0.696. The van der Waals surface area contributed by atoms with Gasteiger partial charge in [-0.25, -0.2) is 4.39 Å². The van der Waals surface area contributed by atoms with Gasteiger partial charge in [-0.3, -0.25) is 19.7 Å². The molecule has 1 aliphatic heterocycles. The zero-order chi connectivity index (χ0) is 14.7. The Labute approximate surface area is 113 Å². The zero-order valence-corrected chi connectivity index (χ0v) is 10.5. The number of carbonyl (C=O) groups excluding carboxylic acids is 2. The third-order valence-electron chi connectivity index (χ3n) is 2.99. The van der Waals surface area contributed by atoms with E-state index in [1.165, 1.54) is 4.90 Å². The van der Waals surface area contributed by atoms with E-state index >= 15 is 0 Å². The topological polar surface area (TPSA) is 92.5 Å². The van der Waals surface area contributed by atoms with Crippen LogP contribution in [-0.2, 0) is 4.79 Å². The zero-order valence-electron chi connectivity index (χ0n) is 10.5. The van der Waals surface area contributed by atoms with Crippen molar-refractivity contribution >= 4 is 17.5 Å². The van der Waals surface area contributed by atoms with Gasteiger partial charge < -0.3 is 10.2 Å². The fraction of sp³-hybridized carbons (Fsp3) is 0.333. The number of nitrogens with one attached hydrogen (secondary N) is 1. The summed E-state index contributed by atoms with van der Waals surface area (Å²) in [6.07, 6.45) is 0.153. The predicted molar refractivity (Wildman–Crippen MR) is 66.6 cm³/mol. The molecule has 1 heterocycles. The quantitative estimate of drug-likeness (QED) is 0.637. The van der Waals surface area contributed by atoms with Crippen molar-refractivity contribution in [1.82, 2.24) is 10.2 Å². The first-order valence-corrected chi connectivity index (χ1v) is 5.99. The summed E-state index contributed by atoms with van der Waals surface area (Å²) in [5.41, 5.74) is -0.642.